The molecule has 1 N–H and O–H groups in total. The molecule has 6 heteroatoms. The summed E-state index contributed by atoms with van der Waals surface area (Å²) in [5.74, 6) is -0.807. The quantitative estimate of drug-likeness (QED) is 0.644. The van der Waals surface area contributed by atoms with Crippen LogP contribution in [0.1, 0.15) is 12.0 Å². The molecule has 1 aromatic rings. The van der Waals surface area contributed by atoms with Gasteiger partial charge in [0.2, 0.25) is 17.7 Å². The number of hydrogen-bond acceptors (Lipinski definition) is 3. The SMILES string of the molecule is O=C(CN1C(=O)C2C3C=CC(C3)C2C1=O)NCCc1ccc(Cl)cc1. The number of carbonyl (C=O) groups excluding carboxylic acids is 3. The van der Waals surface area contributed by atoms with Gasteiger partial charge in [0.15, 0.2) is 0 Å². The normalized spacial score (nSPS) is 29.4. The topological polar surface area (TPSA) is 66.5 Å². The maximum Gasteiger partial charge on any atom is 0.240 e. The first-order chi connectivity index (χ1) is 12.0. The molecule has 25 heavy (non-hydrogen) atoms. The summed E-state index contributed by atoms with van der Waals surface area (Å²) in [5, 5.41) is 3.46. The van der Waals surface area contributed by atoms with E-state index in [0.717, 1.165) is 16.9 Å². The Morgan fingerprint density at radius 1 is 1.08 bits per heavy atom. The maximum absolute atomic E-state index is 12.5. The molecule has 2 fully saturated rings. The van der Waals surface area contributed by atoms with E-state index in [2.05, 4.69) is 5.32 Å². The number of benzene rings is 1. The van der Waals surface area contributed by atoms with Crippen LogP contribution in [0.25, 0.3) is 0 Å². The number of likely N-dealkylation sites (tertiary alicyclic amines) is 1. The molecular formula is C19H19ClN2O3. The molecule has 0 radical (unpaired) electrons. The Hall–Kier alpha value is -2.14. The highest BCUT2D eigenvalue weighted by Gasteiger charge is 2.59. The molecule has 1 aliphatic heterocycles. The fourth-order valence-electron chi connectivity index (χ4n) is 4.32. The van der Waals surface area contributed by atoms with Crippen LogP contribution in [0.5, 0.6) is 0 Å². The summed E-state index contributed by atoms with van der Waals surface area (Å²) in [6.45, 7) is 0.279. The molecule has 0 spiro atoms. The number of halogens is 1. The zero-order valence-corrected chi connectivity index (χ0v) is 14.4. The lowest BCUT2D eigenvalue weighted by molar-refractivity contribution is -0.144. The molecule has 0 aromatic heterocycles. The number of nitrogens with zero attached hydrogens (tertiary/aromatic N) is 1. The number of fused-ring (bicyclic) bond motifs is 5. The molecule has 3 aliphatic rings. The number of hydrogen-bond donors (Lipinski definition) is 1. The van der Waals surface area contributed by atoms with Gasteiger partial charge in [-0.05, 0) is 42.4 Å². The molecule has 1 saturated carbocycles. The van der Waals surface area contributed by atoms with Crippen LogP contribution in [0.3, 0.4) is 0 Å². The highest BCUT2D eigenvalue weighted by atomic mass is 35.5. The third-order valence-electron chi connectivity index (χ3n) is 5.51. The highest BCUT2D eigenvalue weighted by molar-refractivity contribution is 6.30. The molecule has 1 heterocycles. The summed E-state index contributed by atoms with van der Waals surface area (Å²) in [5.41, 5.74) is 1.07. The monoisotopic (exact) mass is 358 g/mol. The number of nitrogens with one attached hydrogen (secondary N) is 1. The van der Waals surface area contributed by atoms with Crippen LogP contribution < -0.4 is 5.32 Å². The van der Waals surface area contributed by atoms with Gasteiger partial charge in [-0.2, -0.15) is 0 Å². The van der Waals surface area contributed by atoms with Gasteiger partial charge < -0.3 is 5.32 Å². The molecule has 4 atom stereocenters. The van der Waals surface area contributed by atoms with Gasteiger partial charge in [-0.25, -0.2) is 0 Å². The zero-order chi connectivity index (χ0) is 17.6. The van der Waals surface area contributed by atoms with E-state index in [0.29, 0.717) is 18.0 Å². The van der Waals surface area contributed by atoms with Crippen molar-refractivity contribution in [3.63, 3.8) is 0 Å². The smallest absolute Gasteiger partial charge is 0.240 e. The Kier molecular flexibility index (Phi) is 4.12. The Labute approximate surface area is 151 Å². The van der Waals surface area contributed by atoms with Gasteiger partial charge in [0.25, 0.3) is 0 Å². The number of amides is 3. The lowest BCUT2D eigenvalue weighted by Crippen LogP contribution is -2.42. The second-order valence-electron chi connectivity index (χ2n) is 6.99. The Morgan fingerprint density at radius 2 is 1.68 bits per heavy atom. The van der Waals surface area contributed by atoms with Crippen LogP contribution in [0.15, 0.2) is 36.4 Å². The Morgan fingerprint density at radius 3 is 2.28 bits per heavy atom. The summed E-state index contributed by atoms with van der Waals surface area (Å²) in [7, 11) is 0. The molecule has 4 unspecified atom stereocenters. The van der Waals surface area contributed by atoms with E-state index >= 15 is 0 Å². The summed E-state index contributed by atoms with van der Waals surface area (Å²) >= 11 is 5.84. The van der Waals surface area contributed by atoms with Crippen LogP contribution in [0.2, 0.25) is 5.02 Å². The van der Waals surface area contributed by atoms with E-state index in [1.54, 1.807) is 12.1 Å². The van der Waals surface area contributed by atoms with Crippen molar-refractivity contribution in [2.75, 3.05) is 13.1 Å². The first-order valence-electron chi connectivity index (χ1n) is 8.59. The van der Waals surface area contributed by atoms with Crippen molar-refractivity contribution < 1.29 is 14.4 Å². The highest BCUT2D eigenvalue weighted by Crippen LogP contribution is 2.52. The van der Waals surface area contributed by atoms with Gasteiger partial charge in [0, 0.05) is 11.6 Å². The second kappa shape index (κ2) is 6.30. The summed E-state index contributed by atoms with van der Waals surface area (Å²) in [6, 6.07) is 7.43. The van der Waals surface area contributed by atoms with Gasteiger partial charge in [-0.15, -0.1) is 0 Å². The van der Waals surface area contributed by atoms with Crippen molar-refractivity contribution in [2.45, 2.75) is 12.8 Å². The summed E-state index contributed by atoms with van der Waals surface area (Å²) < 4.78 is 0. The van der Waals surface area contributed by atoms with Gasteiger partial charge in [0.05, 0.1) is 11.8 Å². The van der Waals surface area contributed by atoms with Crippen LogP contribution in [-0.2, 0) is 20.8 Å². The number of imide groups is 1. The van der Waals surface area contributed by atoms with E-state index in [4.69, 9.17) is 11.6 Å². The predicted octanol–water partition coefficient (Wildman–Crippen LogP) is 1.81. The fraction of sp³-hybridized carbons (Fsp3) is 0.421. The number of rotatable bonds is 5. The predicted molar refractivity (Wildman–Crippen MR) is 92.6 cm³/mol. The zero-order valence-electron chi connectivity index (χ0n) is 13.7. The number of carbonyl (C=O) groups is 3. The summed E-state index contributed by atoms with van der Waals surface area (Å²) in [4.78, 5) is 38.3. The minimum Gasteiger partial charge on any atom is -0.354 e. The van der Waals surface area contributed by atoms with Crippen molar-refractivity contribution in [1.82, 2.24) is 10.2 Å². The van der Waals surface area contributed by atoms with E-state index in [-0.39, 0.29) is 47.9 Å². The van der Waals surface area contributed by atoms with Gasteiger partial charge >= 0.3 is 0 Å². The van der Waals surface area contributed by atoms with Crippen molar-refractivity contribution in [1.29, 1.82) is 0 Å². The minimum absolute atomic E-state index is 0.171. The molecule has 1 aromatic carbocycles. The third kappa shape index (κ3) is 2.86. The van der Waals surface area contributed by atoms with Crippen LogP contribution >= 0.6 is 11.6 Å². The largest absolute Gasteiger partial charge is 0.354 e. The molecular weight excluding hydrogens is 340 g/mol. The molecule has 2 aliphatic carbocycles. The van der Waals surface area contributed by atoms with Crippen molar-refractivity contribution in [2.24, 2.45) is 23.7 Å². The van der Waals surface area contributed by atoms with E-state index < -0.39 is 0 Å². The first kappa shape index (κ1) is 16.3. The van der Waals surface area contributed by atoms with Gasteiger partial charge in [-0.3, -0.25) is 19.3 Å². The van der Waals surface area contributed by atoms with E-state index in [1.165, 1.54) is 0 Å². The van der Waals surface area contributed by atoms with Crippen LogP contribution in [0.4, 0.5) is 0 Å². The second-order valence-corrected chi connectivity index (χ2v) is 7.43. The molecule has 1 saturated heterocycles. The van der Waals surface area contributed by atoms with Crippen molar-refractivity contribution in [3.05, 3.63) is 47.0 Å². The van der Waals surface area contributed by atoms with Gasteiger partial charge in [0.1, 0.15) is 6.54 Å². The van der Waals surface area contributed by atoms with Gasteiger partial charge in [-0.1, -0.05) is 35.9 Å². The fourth-order valence-corrected chi connectivity index (χ4v) is 4.44. The average molecular weight is 359 g/mol. The van der Waals surface area contributed by atoms with E-state index in [9.17, 15) is 14.4 Å². The van der Waals surface area contributed by atoms with E-state index in [1.807, 2.05) is 24.3 Å². The minimum atomic E-state index is -0.295. The molecule has 3 amide bonds. The first-order valence-corrected chi connectivity index (χ1v) is 8.97. The third-order valence-corrected chi connectivity index (χ3v) is 5.76. The van der Waals surface area contributed by atoms with Crippen molar-refractivity contribution >= 4 is 29.3 Å². The Balaban J connectivity index is 1.30. The standard InChI is InChI=1S/C19H19ClN2O3/c20-14-5-1-11(2-6-14)7-8-21-15(23)10-22-18(24)16-12-3-4-13(9-12)17(16)19(22)25/h1-6,12-13,16-17H,7-10H2,(H,21,23). The summed E-state index contributed by atoms with van der Waals surface area (Å²) in [6.07, 6.45) is 5.66. The molecule has 5 nitrogen and oxygen atoms in total. The molecule has 2 bridgehead atoms. The Bertz CT molecular complexity index is 728. The number of allylic oxidation sites excluding steroid dienone is 2. The molecule has 130 valence electrons. The molecule has 4 rings (SSSR count). The lowest BCUT2D eigenvalue weighted by atomic mass is 9.85. The maximum atomic E-state index is 12.5. The van der Waals surface area contributed by atoms with Crippen LogP contribution in [-0.4, -0.2) is 35.7 Å². The van der Waals surface area contributed by atoms with Crippen molar-refractivity contribution in [3.8, 4) is 0 Å². The van der Waals surface area contributed by atoms with Crippen LogP contribution in [0, 0.1) is 23.7 Å². The lowest BCUT2D eigenvalue weighted by Gasteiger charge is -2.16. The average Bonchev–Trinajstić information content (AvgIpc) is 3.27.